The summed E-state index contributed by atoms with van der Waals surface area (Å²) in [6.07, 6.45) is 13.0. The summed E-state index contributed by atoms with van der Waals surface area (Å²) in [6, 6.07) is 0. The molecular weight excluding hydrogens is 232 g/mol. The number of rotatable bonds is 10. The molecule has 0 fully saturated rings. The van der Waals surface area contributed by atoms with E-state index in [-0.39, 0.29) is 0 Å². The molecule has 0 aromatic rings. The monoisotopic (exact) mass is 254 g/mol. The number of esters is 1. The quantitative estimate of drug-likeness (QED) is 0.281. The first kappa shape index (κ1) is 16.4. The second-order valence-corrected chi connectivity index (χ2v) is 4.04. The van der Waals surface area contributed by atoms with Crippen LogP contribution in [-0.4, -0.2) is 17.0 Å². The van der Waals surface area contributed by atoms with Gasteiger partial charge >= 0.3 is 11.9 Å². The predicted molar refractivity (Wildman–Crippen MR) is 70.0 cm³/mol. The Morgan fingerprint density at radius 3 is 2.39 bits per heavy atom. The highest BCUT2D eigenvalue weighted by atomic mass is 16.5. The van der Waals surface area contributed by atoms with Crippen molar-refractivity contribution in [3.8, 4) is 0 Å². The third-order valence-corrected chi connectivity index (χ3v) is 2.37. The van der Waals surface area contributed by atoms with E-state index in [9.17, 15) is 9.59 Å². The van der Waals surface area contributed by atoms with Crippen molar-refractivity contribution in [1.82, 2.24) is 0 Å². The average molecular weight is 254 g/mol. The molecule has 0 heterocycles. The van der Waals surface area contributed by atoms with E-state index in [1.165, 1.54) is 38.4 Å². The molecule has 0 unspecified atom stereocenters. The highest BCUT2D eigenvalue weighted by Gasteiger charge is 1.94. The molecule has 0 spiro atoms. The van der Waals surface area contributed by atoms with Crippen LogP contribution in [0.2, 0.25) is 0 Å². The van der Waals surface area contributed by atoms with Crippen LogP contribution in [0.25, 0.3) is 0 Å². The normalized spacial score (nSPS) is 11.2. The zero-order chi connectivity index (χ0) is 13.6. The van der Waals surface area contributed by atoms with Gasteiger partial charge in [-0.2, -0.15) is 0 Å². The van der Waals surface area contributed by atoms with Crippen LogP contribution in [-0.2, 0) is 14.3 Å². The Morgan fingerprint density at radius 2 is 1.72 bits per heavy atom. The molecule has 0 rings (SSSR count). The Balaban J connectivity index is 3.43. The highest BCUT2D eigenvalue weighted by molar-refractivity contribution is 5.90. The number of unbranched alkanes of at least 4 members (excludes halogenated alkanes) is 6. The summed E-state index contributed by atoms with van der Waals surface area (Å²) in [5.41, 5.74) is 0. The minimum atomic E-state index is -1.16. The van der Waals surface area contributed by atoms with Gasteiger partial charge in [-0.3, -0.25) is 0 Å². The molecule has 0 aliphatic heterocycles. The second kappa shape index (κ2) is 11.9. The van der Waals surface area contributed by atoms with Gasteiger partial charge in [-0.1, -0.05) is 39.0 Å². The van der Waals surface area contributed by atoms with E-state index in [0.717, 1.165) is 25.0 Å². The van der Waals surface area contributed by atoms with Gasteiger partial charge in [0.2, 0.25) is 0 Å². The Morgan fingerprint density at radius 1 is 1.06 bits per heavy atom. The van der Waals surface area contributed by atoms with Gasteiger partial charge in [-0.05, 0) is 18.9 Å². The van der Waals surface area contributed by atoms with Crippen LogP contribution in [0.5, 0.6) is 0 Å². The Labute approximate surface area is 108 Å². The van der Waals surface area contributed by atoms with Crippen LogP contribution >= 0.6 is 0 Å². The fraction of sp³-hybridized carbons (Fsp3) is 0.571. The van der Waals surface area contributed by atoms with Crippen LogP contribution in [0, 0.1) is 0 Å². The zero-order valence-corrected chi connectivity index (χ0v) is 10.9. The molecule has 102 valence electrons. The van der Waals surface area contributed by atoms with E-state index in [0.29, 0.717) is 0 Å². The van der Waals surface area contributed by atoms with Crippen molar-refractivity contribution in [3.05, 3.63) is 24.5 Å². The summed E-state index contributed by atoms with van der Waals surface area (Å²) in [4.78, 5) is 21.0. The Kier molecular flexibility index (Phi) is 10.8. The lowest BCUT2D eigenvalue weighted by atomic mass is 10.1. The van der Waals surface area contributed by atoms with E-state index >= 15 is 0 Å². The number of aliphatic carboxylic acids is 1. The largest absolute Gasteiger partial charge is 0.478 e. The maximum Gasteiger partial charge on any atom is 0.335 e. The van der Waals surface area contributed by atoms with Gasteiger partial charge in [0.1, 0.15) is 0 Å². The van der Waals surface area contributed by atoms with Crippen LogP contribution in [0.3, 0.4) is 0 Å². The third kappa shape index (κ3) is 12.5. The summed E-state index contributed by atoms with van der Waals surface area (Å²) < 4.78 is 4.67. The van der Waals surface area contributed by atoms with Crippen molar-refractivity contribution >= 4 is 11.9 Å². The SMILES string of the molecule is CCCCCCCCC=COC(=O)/C=C\C(=O)O. The third-order valence-electron chi connectivity index (χ3n) is 2.37. The maximum atomic E-state index is 10.9. The smallest absolute Gasteiger partial charge is 0.335 e. The number of carboxylic acids is 1. The van der Waals surface area contributed by atoms with Crippen LogP contribution < -0.4 is 0 Å². The van der Waals surface area contributed by atoms with Crippen LogP contribution in [0.4, 0.5) is 0 Å². The molecular formula is C14H22O4. The molecule has 0 bridgehead atoms. The lowest BCUT2D eigenvalue weighted by Gasteiger charge is -1.97. The minimum Gasteiger partial charge on any atom is -0.478 e. The number of carbonyl (C=O) groups is 2. The lowest BCUT2D eigenvalue weighted by Crippen LogP contribution is -1.96. The minimum absolute atomic E-state index is 0.670. The highest BCUT2D eigenvalue weighted by Crippen LogP contribution is 2.07. The summed E-state index contributed by atoms with van der Waals surface area (Å²) in [6.45, 7) is 2.19. The molecule has 0 aromatic carbocycles. The molecule has 1 N–H and O–H groups in total. The second-order valence-electron chi connectivity index (χ2n) is 4.04. The van der Waals surface area contributed by atoms with Gasteiger partial charge in [0.25, 0.3) is 0 Å². The molecule has 0 aliphatic rings. The standard InChI is InChI=1S/C14H22O4/c1-2-3-4-5-6-7-8-9-12-18-14(17)11-10-13(15)16/h9-12H,2-8H2,1H3,(H,15,16)/b11-10-,12-9?. The van der Waals surface area contributed by atoms with Gasteiger partial charge in [0.15, 0.2) is 0 Å². The molecule has 0 aliphatic carbocycles. The van der Waals surface area contributed by atoms with Gasteiger partial charge < -0.3 is 9.84 Å². The summed E-state index contributed by atoms with van der Waals surface area (Å²) >= 11 is 0. The molecule has 4 nitrogen and oxygen atoms in total. The number of ether oxygens (including phenoxy) is 1. The first-order valence-corrected chi connectivity index (χ1v) is 6.43. The van der Waals surface area contributed by atoms with Gasteiger partial charge in [-0.25, -0.2) is 9.59 Å². The number of allylic oxidation sites excluding steroid dienone is 1. The Bertz CT molecular complexity index is 292. The van der Waals surface area contributed by atoms with Crippen LogP contribution in [0.15, 0.2) is 24.5 Å². The number of hydrogen-bond acceptors (Lipinski definition) is 3. The van der Waals surface area contributed by atoms with Crippen molar-refractivity contribution in [2.75, 3.05) is 0 Å². The molecule has 0 aromatic heterocycles. The molecule has 0 saturated heterocycles. The van der Waals surface area contributed by atoms with Gasteiger partial charge in [0, 0.05) is 12.2 Å². The fourth-order valence-corrected chi connectivity index (χ4v) is 1.40. The number of carbonyl (C=O) groups excluding carboxylic acids is 1. The predicted octanol–water partition coefficient (Wildman–Crippen LogP) is 3.43. The zero-order valence-electron chi connectivity index (χ0n) is 10.9. The maximum absolute atomic E-state index is 10.9. The van der Waals surface area contributed by atoms with Crippen molar-refractivity contribution in [1.29, 1.82) is 0 Å². The number of hydrogen-bond donors (Lipinski definition) is 1. The molecule has 0 radical (unpaired) electrons. The summed E-state index contributed by atoms with van der Waals surface area (Å²) in [5, 5.41) is 8.28. The number of carboxylic acid groups (broad SMARTS) is 1. The molecule has 0 amide bonds. The average Bonchev–Trinajstić information content (AvgIpc) is 2.34. The van der Waals surface area contributed by atoms with Crippen molar-refractivity contribution < 1.29 is 19.4 Å². The van der Waals surface area contributed by atoms with Crippen LogP contribution in [0.1, 0.15) is 51.9 Å². The van der Waals surface area contributed by atoms with E-state index in [1.54, 1.807) is 6.08 Å². The van der Waals surface area contributed by atoms with E-state index < -0.39 is 11.9 Å². The first-order valence-electron chi connectivity index (χ1n) is 6.43. The molecule has 0 saturated carbocycles. The molecule has 0 atom stereocenters. The first-order chi connectivity index (χ1) is 8.66. The van der Waals surface area contributed by atoms with Gasteiger partial charge in [-0.15, -0.1) is 0 Å². The summed E-state index contributed by atoms with van der Waals surface area (Å²) in [7, 11) is 0. The fourth-order valence-electron chi connectivity index (χ4n) is 1.40. The van der Waals surface area contributed by atoms with E-state index in [1.807, 2.05) is 0 Å². The summed E-state index contributed by atoms with van der Waals surface area (Å²) in [5.74, 6) is -1.83. The van der Waals surface area contributed by atoms with Gasteiger partial charge in [0.05, 0.1) is 6.26 Å². The van der Waals surface area contributed by atoms with Crippen molar-refractivity contribution in [2.45, 2.75) is 51.9 Å². The van der Waals surface area contributed by atoms with Crippen molar-refractivity contribution in [2.24, 2.45) is 0 Å². The molecule has 18 heavy (non-hydrogen) atoms. The van der Waals surface area contributed by atoms with E-state index in [4.69, 9.17) is 5.11 Å². The molecule has 4 heteroatoms. The van der Waals surface area contributed by atoms with E-state index in [2.05, 4.69) is 11.7 Å². The Hall–Kier alpha value is -1.58. The topological polar surface area (TPSA) is 63.6 Å². The van der Waals surface area contributed by atoms with Crippen molar-refractivity contribution in [3.63, 3.8) is 0 Å². The lowest BCUT2D eigenvalue weighted by molar-refractivity contribution is -0.134.